The molecule has 96 valence electrons. The number of H-pyrrole nitrogens is 1. The van der Waals surface area contributed by atoms with Crippen LogP contribution in [0.25, 0.3) is 0 Å². The number of likely N-dealkylation sites (tertiary alicyclic amines) is 1. The highest BCUT2D eigenvalue weighted by Crippen LogP contribution is 2.20. The van der Waals surface area contributed by atoms with Crippen molar-refractivity contribution in [3.63, 3.8) is 0 Å². The highest BCUT2D eigenvalue weighted by atomic mass is 16.4. The van der Waals surface area contributed by atoms with Gasteiger partial charge in [0.2, 0.25) is 5.56 Å². The van der Waals surface area contributed by atoms with Crippen molar-refractivity contribution >= 4 is 11.9 Å². The Hall–Kier alpha value is -2.11. The van der Waals surface area contributed by atoms with Crippen molar-refractivity contribution in [1.29, 1.82) is 0 Å². The molecule has 0 spiro atoms. The van der Waals surface area contributed by atoms with Crippen molar-refractivity contribution < 1.29 is 14.7 Å². The number of carbonyl (C=O) groups excluding carboxylic acids is 1. The van der Waals surface area contributed by atoms with Crippen LogP contribution in [0.1, 0.15) is 28.8 Å². The quantitative estimate of drug-likeness (QED) is 0.793. The van der Waals surface area contributed by atoms with Crippen LogP contribution in [0.15, 0.2) is 17.1 Å². The molecule has 0 bridgehead atoms. The van der Waals surface area contributed by atoms with Crippen molar-refractivity contribution in [2.75, 3.05) is 6.54 Å². The topological polar surface area (TPSA) is 90.5 Å². The van der Waals surface area contributed by atoms with Gasteiger partial charge in [-0.25, -0.2) is 4.79 Å². The summed E-state index contributed by atoms with van der Waals surface area (Å²) in [5.74, 6) is -1.32. The fourth-order valence-electron chi connectivity index (χ4n) is 2.22. The summed E-state index contributed by atoms with van der Waals surface area (Å²) < 4.78 is 0. The standard InChI is InChI=1S/C12H14N2O4/c1-7-5-10(15)13-6-8(7)11(16)14-4-2-3-9(14)12(17)18/h5-6,9H,2-4H2,1H3,(H,13,15)(H,17,18)/t9-/m0/s1. The van der Waals surface area contributed by atoms with Crippen LogP contribution in [0.4, 0.5) is 0 Å². The molecule has 2 N–H and O–H groups in total. The number of nitrogens with one attached hydrogen (secondary N) is 1. The molecule has 6 heteroatoms. The van der Waals surface area contributed by atoms with Crippen molar-refractivity contribution in [3.05, 3.63) is 33.7 Å². The Labute approximate surface area is 103 Å². The van der Waals surface area contributed by atoms with E-state index in [2.05, 4.69) is 4.98 Å². The molecule has 1 aliphatic heterocycles. The lowest BCUT2D eigenvalue weighted by Gasteiger charge is -2.22. The minimum atomic E-state index is -0.983. The monoisotopic (exact) mass is 250 g/mol. The third-order valence-electron chi connectivity index (χ3n) is 3.16. The van der Waals surface area contributed by atoms with Crippen molar-refractivity contribution in [2.45, 2.75) is 25.8 Å². The molecule has 0 unspecified atom stereocenters. The zero-order chi connectivity index (χ0) is 13.3. The molecule has 0 aromatic carbocycles. The Kier molecular flexibility index (Phi) is 3.18. The highest BCUT2D eigenvalue weighted by molar-refractivity contribution is 5.97. The van der Waals surface area contributed by atoms with Crippen LogP contribution in [-0.2, 0) is 4.79 Å². The maximum absolute atomic E-state index is 12.2. The molecular formula is C12H14N2O4. The molecule has 1 aliphatic rings. The van der Waals surface area contributed by atoms with E-state index in [0.717, 1.165) is 0 Å². The normalized spacial score (nSPS) is 18.9. The first-order valence-corrected chi connectivity index (χ1v) is 5.74. The molecule has 2 heterocycles. The second-order valence-corrected chi connectivity index (χ2v) is 4.39. The van der Waals surface area contributed by atoms with Crippen molar-refractivity contribution in [1.82, 2.24) is 9.88 Å². The Morgan fingerprint density at radius 3 is 2.83 bits per heavy atom. The summed E-state index contributed by atoms with van der Waals surface area (Å²) in [6, 6.07) is 0.572. The van der Waals surface area contributed by atoms with E-state index in [0.29, 0.717) is 30.5 Å². The number of aryl methyl sites for hydroxylation is 1. The molecule has 1 fully saturated rings. The number of aliphatic carboxylic acids is 1. The smallest absolute Gasteiger partial charge is 0.326 e. The number of nitrogens with zero attached hydrogens (tertiary/aromatic N) is 1. The number of carboxylic acid groups (broad SMARTS) is 1. The second-order valence-electron chi connectivity index (χ2n) is 4.39. The molecule has 1 aromatic heterocycles. The van der Waals surface area contributed by atoms with Gasteiger partial charge in [0.05, 0.1) is 5.56 Å². The zero-order valence-electron chi connectivity index (χ0n) is 9.97. The predicted molar refractivity (Wildman–Crippen MR) is 63.5 cm³/mol. The highest BCUT2D eigenvalue weighted by Gasteiger charge is 2.34. The van der Waals surface area contributed by atoms with E-state index in [1.807, 2.05) is 0 Å². The summed E-state index contributed by atoms with van der Waals surface area (Å²) >= 11 is 0. The summed E-state index contributed by atoms with van der Waals surface area (Å²) in [7, 11) is 0. The Morgan fingerprint density at radius 1 is 1.50 bits per heavy atom. The minimum Gasteiger partial charge on any atom is -0.480 e. The molecular weight excluding hydrogens is 236 g/mol. The maximum atomic E-state index is 12.2. The van der Waals surface area contributed by atoms with Crippen LogP contribution in [0, 0.1) is 6.92 Å². The molecule has 0 aliphatic carbocycles. The summed E-state index contributed by atoms with van der Waals surface area (Å²) in [5, 5.41) is 9.04. The van der Waals surface area contributed by atoms with Crippen LogP contribution in [-0.4, -0.2) is 39.5 Å². The fraction of sp³-hybridized carbons (Fsp3) is 0.417. The van der Waals surface area contributed by atoms with Gasteiger partial charge < -0.3 is 15.0 Å². The molecule has 1 amide bonds. The lowest BCUT2D eigenvalue weighted by molar-refractivity contribution is -0.141. The van der Waals surface area contributed by atoms with Crippen LogP contribution in [0.3, 0.4) is 0 Å². The van der Waals surface area contributed by atoms with Gasteiger partial charge in [0.25, 0.3) is 5.91 Å². The molecule has 2 rings (SSSR count). The van der Waals surface area contributed by atoms with Crippen molar-refractivity contribution in [3.8, 4) is 0 Å². The van der Waals surface area contributed by atoms with Gasteiger partial charge in [0.1, 0.15) is 6.04 Å². The van der Waals surface area contributed by atoms with Gasteiger partial charge in [-0.15, -0.1) is 0 Å². The van der Waals surface area contributed by atoms with E-state index in [-0.39, 0.29) is 11.5 Å². The number of hydrogen-bond acceptors (Lipinski definition) is 3. The Morgan fingerprint density at radius 2 is 2.22 bits per heavy atom. The van der Waals surface area contributed by atoms with Gasteiger partial charge in [-0.3, -0.25) is 9.59 Å². The number of carbonyl (C=O) groups is 2. The predicted octanol–water partition coefficient (Wildman–Crippen LogP) is 0.373. The summed E-state index contributed by atoms with van der Waals surface area (Å²) in [4.78, 5) is 38.1. The van der Waals surface area contributed by atoms with Crippen LogP contribution < -0.4 is 5.56 Å². The summed E-state index contributed by atoms with van der Waals surface area (Å²) in [6.45, 7) is 2.10. The van der Waals surface area contributed by atoms with E-state index in [1.165, 1.54) is 17.2 Å². The first-order chi connectivity index (χ1) is 8.50. The van der Waals surface area contributed by atoms with Gasteiger partial charge in [-0.1, -0.05) is 0 Å². The van der Waals surface area contributed by atoms with Gasteiger partial charge in [0, 0.05) is 18.8 Å². The SMILES string of the molecule is Cc1cc(=O)[nH]cc1C(=O)N1CCC[C@H]1C(=O)O. The average Bonchev–Trinajstić information content (AvgIpc) is 2.77. The van der Waals surface area contributed by atoms with E-state index in [9.17, 15) is 14.4 Å². The van der Waals surface area contributed by atoms with Crippen molar-refractivity contribution in [2.24, 2.45) is 0 Å². The molecule has 18 heavy (non-hydrogen) atoms. The second kappa shape index (κ2) is 4.64. The number of amides is 1. The molecule has 0 saturated carbocycles. The first-order valence-electron chi connectivity index (χ1n) is 5.74. The Balaban J connectivity index is 2.31. The third-order valence-corrected chi connectivity index (χ3v) is 3.16. The van der Waals surface area contributed by atoms with E-state index < -0.39 is 12.0 Å². The number of aromatic nitrogens is 1. The van der Waals surface area contributed by atoms with Gasteiger partial charge in [-0.05, 0) is 25.3 Å². The van der Waals surface area contributed by atoms with E-state index >= 15 is 0 Å². The number of hydrogen-bond donors (Lipinski definition) is 2. The van der Waals surface area contributed by atoms with Crippen LogP contribution in [0.5, 0.6) is 0 Å². The third kappa shape index (κ3) is 2.13. The van der Waals surface area contributed by atoms with Gasteiger partial charge in [-0.2, -0.15) is 0 Å². The molecule has 1 aromatic rings. The average molecular weight is 250 g/mol. The van der Waals surface area contributed by atoms with E-state index in [1.54, 1.807) is 6.92 Å². The van der Waals surface area contributed by atoms with E-state index in [4.69, 9.17) is 5.11 Å². The Bertz CT molecular complexity index is 549. The lowest BCUT2D eigenvalue weighted by Crippen LogP contribution is -2.40. The molecule has 1 atom stereocenters. The number of carboxylic acids is 1. The fourth-order valence-corrected chi connectivity index (χ4v) is 2.22. The summed E-state index contributed by atoms with van der Waals surface area (Å²) in [6.07, 6.45) is 2.51. The van der Waals surface area contributed by atoms with Crippen LogP contribution in [0.2, 0.25) is 0 Å². The molecule has 6 nitrogen and oxygen atoms in total. The maximum Gasteiger partial charge on any atom is 0.326 e. The first kappa shape index (κ1) is 12.3. The lowest BCUT2D eigenvalue weighted by atomic mass is 10.1. The largest absolute Gasteiger partial charge is 0.480 e. The number of aromatic amines is 1. The molecule has 1 saturated heterocycles. The minimum absolute atomic E-state index is 0.278. The van der Waals surface area contributed by atoms with Gasteiger partial charge >= 0.3 is 5.97 Å². The van der Waals surface area contributed by atoms with Gasteiger partial charge in [0.15, 0.2) is 0 Å². The number of rotatable bonds is 2. The summed E-state index contributed by atoms with van der Waals surface area (Å²) in [5.41, 5.74) is 0.628. The zero-order valence-corrected chi connectivity index (χ0v) is 9.97. The number of pyridine rings is 1. The molecule has 0 radical (unpaired) electrons. The van der Waals surface area contributed by atoms with Crippen LogP contribution >= 0.6 is 0 Å².